The molecule has 0 saturated heterocycles. The standard InChI is InChI=1S/C6H11N2.4ClH.Ga/c1-3-8-5-4-7(2)6-8;;;;;/h4-6H,3H2,1-2H3;4*1H;/q+1;;;;;+3/p-4. The van der Waals surface area contributed by atoms with E-state index in [1.165, 1.54) is 0 Å². The Bertz CT molecular complexity index is 239. The molecule has 0 N–H and O–H groups in total. The first-order valence-electron chi connectivity index (χ1n) is 3.71. The summed E-state index contributed by atoms with van der Waals surface area (Å²) in [7, 11) is 22.1. The Morgan fingerprint density at radius 1 is 1.31 bits per heavy atom. The molecule has 0 radical (unpaired) electrons. The molecular formula is C6H11Cl4GaN2. The molecule has 0 aliphatic carbocycles. The average Bonchev–Trinajstić information content (AvgIpc) is 2.31. The Labute approximate surface area is 97.3 Å². The Morgan fingerprint density at radius 2 is 1.77 bits per heavy atom. The fourth-order valence-electron chi connectivity index (χ4n) is 0.689. The van der Waals surface area contributed by atoms with Gasteiger partial charge in [0, 0.05) is 0 Å². The first-order chi connectivity index (χ1) is 5.83. The van der Waals surface area contributed by atoms with Crippen molar-refractivity contribution in [1.82, 2.24) is 4.57 Å². The van der Waals surface area contributed by atoms with Gasteiger partial charge in [-0.2, -0.15) is 0 Å². The Balaban J connectivity index is 0.000000252. The number of nitrogens with zero attached hydrogens (tertiary/aromatic N) is 2. The van der Waals surface area contributed by atoms with Crippen LogP contribution in [0.15, 0.2) is 18.7 Å². The summed E-state index contributed by atoms with van der Waals surface area (Å²) in [4.78, 5) is 0. The molecule has 0 aliphatic rings. The van der Waals surface area contributed by atoms with Crippen LogP contribution in [0.5, 0.6) is 0 Å². The second-order valence-corrected chi connectivity index (χ2v) is 25.1. The zero-order valence-electron chi connectivity index (χ0n) is 7.42. The van der Waals surface area contributed by atoms with Crippen molar-refractivity contribution in [3.63, 3.8) is 0 Å². The van der Waals surface area contributed by atoms with Gasteiger partial charge < -0.3 is 0 Å². The van der Waals surface area contributed by atoms with Crippen molar-refractivity contribution >= 4 is 49.6 Å². The van der Waals surface area contributed by atoms with E-state index >= 15 is 0 Å². The van der Waals surface area contributed by atoms with E-state index in [0.29, 0.717) is 0 Å². The average molecular weight is 323 g/mol. The van der Waals surface area contributed by atoms with E-state index in [9.17, 15) is 0 Å². The zero-order chi connectivity index (χ0) is 10.5. The maximum atomic E-state index is 5.03. The van der Waals surface area contributed by atoms with Crippen LogP contribution in [0.3, 0.4) is 0 Å². The SMILES string of the molecule is CC[n+]1ccn(C)c1.[Cl][Ga-]([Cl])([Cl])[Cl]. The van der Waals surface area contributed by atoms with Crippen molar-refractivity contribution in [3.05, 3.63) is 18.7 Å². The Morgan fingerprint density at radius 3 is 1.92 bits per heavy atom. The van der Waals surface area contributed by atoms with Crippen LogP contribution in [0.2, 0.25) is 0 Å². The molecule has 1 heterocycles. The molecule has 0 aromatic carbocycles. The van der Waals surface area contributed by atoms with Crippen LogP contribution in [0.25, 0.3) is 0 Å². The topological polar surface area (TPSA) is 8.81 Å². The predicted molar refractivity (Wildman–Crippen MR) is 60.4 cm³/mol. The van der Waals surface area contributed by atoms with Crippen molar-refractivity contribution in [1.29, 1.82) is 0 Å². The monoisotopic (exact) mass is 320 g/mol. The quantitative estimate of drug-likeness (QED) is 0.555. The molecule has 7 heteroatoms. The molecule has 0 saturated carbocycles. The van der Waals surface area contributed by atoms with Crippen LogP contribution in [0.4, 0.5) is 0 Å². The summed E-state index contributed by atoms with van der Waals surface area (Å²) in [5.74, 6) is 0. The molecule has 13 heavy (non-hydrogen) atoms. The van der Waals surface area contributed by atoms with E-state index in [2.05, 4.69) is 24.0 Å². The zero-order valence-corrected chi connectivity index (χ0v) is 12.9. The summed E-state index contributed by atoms with van der Waals surface area (Å²) in [6.07, 6.45) is 6.14. The fourth-order valence-corrected chi connectivity index (χ4v) is 0.689. The van der Waals surface area contributed by atoms with Crippen molar-refractivity contribution in [2.75, 3.05) is 0 Å². The molecule has 1 aromatic rings. The number of halogens is 4. The molecule has 0 spiro atoms. The van der Waals surface area contributed by atoms with Crippen LogP contribution in [0.1, 0.15) is 6.92 Å². The predicted octanol–water partition coefficient (Wildman–Crippen LogP) is 2.71. The number of aryl methyl sites for hydroxylation is 2. The van der Waals surface area contributed by atoms with Crippen LogP contribution < -0.4 is 4.57 Å². The van der Waals surface area contributed by atoms with Crippen LogP contribution >= 0.6 is 38.6 Å². The molecule has 0 bridgehead atoms. The first kappa shape index (κ1) is 14.0. The van der Waals surface area contributed by atoms with Gasteiger partial charge in [0.1, 0.15) is 12.4 Å². The molecule has 1 aromatic heterocycles. The molecule has 0 fully saturated rings. The number of hydrogen-bond acceptors (Lipinski definition) is 0. The summed E-state index contributed by atoms with van der Waals surface area (Å²) in [5, 5.41) is 0. The van der Waals surface area contributed by atoms with Gasteiger partial charge in [0.05, 0.1) is 13.6 Å². The summed E-state index contributed by atoms with van der Waals surface area (Å²) >= 11 is -3.24. The van der Waals surface area contributed by atoms with Crippen LogP contribution in [0, 0.1) is 0 Å². The Kier molecular flexibility index (Phi) is 6.98. The summed E-state index contributed by atoms with van der Waals surface area (Å²) in [5.41, 5.74) is 0. The number of imidazole rings is 1. The van der Waals surface area contributed by atoms with Crippen molar-refractivity contribution in [2.45, 2.75) is 13.5 Å². The third-order valence-electron chi connectivity index (χ3n) is 1.19. The van der Waals surface area contributed by atoms with Crippen molar-refractivity contribution in [2.24, 2.45) is 7.05 Å². The first-order valence-corrected chi connectivity index (χ1v) is 16.4. The molecular weight excluding hydrogens is 312 g/mol. The molecule has 0 aliphatic heterocycles. The maximum absolute atomic E-state index is 5.03. The van der Waals surface area contributed by atoms with E-state index in [-0.39, 0.29) is 0 Å². The number of rotatable bonds is 1. The molecule has 76 valence electrons. The van der Waals surface area contributed by atoms with Crippen LogP contribution in [-0.4, -0.2) is 15.6 Å². The minimum atomic E-state index is -3.24. The second-order valence-electron chi connectivity index (χ2n) is 2.40. The van der Waals surface area contributed by atoms with Gasteiger partial charge in [-0.15, -0.1) is 0 Å². The number of hydrogen-bond donors (Lipinski definition) is 0. The van der Waals surface area contributed by atoms with E-state index in [1.807, 2.05) is 17.8 Å². The van der Waals surface area contributed by atoms with Gasteiger partial charge in [0.2, 0.25) is 6.33 Å². The second kappa shape index (κ2) is 6.48. The number of aromatic nitrogens is 2. The third-order valence-corrected chi connectivity index (χ3v) is 1.19. The van der Waals surface area contributed by atoms with Gasteiger partial charge in [-0.05, 0) is 6.92 Å². The van der Waals surface area contributed by atoms with Gasteiger partial charge in [0.25, 0.3) is 0 Å². The third kappa shape index (κ3) is 10.9. The molecule has 0 amide bonds. The summed E-state index contributed by atoms with van der Waals surface area (Å²) < 4.78 is 4.16. The minimum absolute atomic E-state index is 1.06. The summed E-state index contributed by atoms with van der Waals surface area (Å²) in [6, 6.07) is 0. The molecule has 1 rings (SSSR count). The summed E-state index contributed by atoms with van der Waals surface area (Å²) in [6.45, 7) is 3.18. The van der Waals surface area contributed by atoms with Crippen LogP contribution in [-0.2, 0) is 13.6 Å². The van der Waals surface area contributed by atoms with Gasteiger partial charge in [-0.1, -0.05) is 0 Å². The van der Waals surface area contributed by atoms with Crippen molar-refractivity contribution < 1.29 is 4.57 Å². The van der Waals surface area contributed by atoms with Gasteiger partial charge in [-0.25, -0.2) is 9.13 Å². The van der Waals surface area contributed by atoms with Gasteiger partial charge >= 0.3 is 49.6 Å². The molecule has 0 atom stereocenters. The van der Waals surface area contributed by atoms with E-state index < -0.39 is 11.0 Å². The van der Waals surface area contributed by atoms with E-state index in [4.69, 9.17) is 38.6 Å². The van der Waals surface area contributed by atoms with E-state index in [1.54, 1.807) is 0 Å². The van der Waals surface area contributed by atoms with E-state index in [0.717, 1.165) is 6.54 Å². The Hall–Kier alpha value is 1.01. The molecule has 2 nitrogen and oxygen atoms in total. The van der Waals surface area contributed by atoms with Crippen molar-refractivity contribution in [3.8, 4) is 0 Å². The molecule has 0 unspecified atom stereocenters. The normalized spacial score (nSPS) is 10.6. The fraction of sp³-hybridized carbons (Fsp3) is 0.500. The van der Waals surface area contributed by atoms with Gasteiger partial charge in [-0.3, -0.25) is 0 Å². The van der Waals surface area contributed by atoms with Gasteiger partial charge in [0.15, 0.2) is 0 Å².